The Morgan fingerprint density at radius 3 is 1.34 bits per heavy atom. The lowest BCUT2D eigenvalue weighted by Crippen LogP contribution is -2.29. The molecule has 2 atom stereocenters. The molecule has 0 aromatic heterocycles. The third-order valence-corrected chi connectivity index (χ3v) is 11.4. The molecule has 332 valence electrons. The normalized spacial score (nSPS) is 13.3. The van der Waals surface area contributed by atoms with E-state index in [4.69, 9.17) is 18.5 Å². The minimum Gasteiger partial charge on any atom is -0.462 e. The average molecular weight is 816 g/mol. The zero-order valence-corrected chi connectivity index (χ0v) is 37.7. The van der Waals surface area contributed by atoms with Crippen LogP contribution in [0.2, 0.25) is 0 Å². The second-order valence-electron chi connectivity index (χ2n) is 15.9. The van der Waals surface area contributed by atoms with Gasteiger partial charge in [-0.1, -0.05) is 193 Å². The van der Waals surface area contributed by atoms with Crippen LogP contribution >= 0.6 is 7.82 Å². The molecule has 10 heteroatoms. The predicted molar refractivity (Wildman–Crippen MR) is 234 cm³/mol. The van der Waals surface area contributed by atoms with Crippen molar-refractivity contribution in [1.82, 2.24) is 5.32 Å². The molecule has 0 aromatic rings. The maximum atomic E-state index is 12.7. The zero-order valence-electron chi connectivity index (χ0n) is 36.9. The number of hydrogen-bond acceptors (Lipinski definition) is 8. The van der Waals surface area contributed by atoms with Gasteiger partial charge < -0.3 is 19.7 Å². The van der Waals surface area contributed by atoms with Crippen molar-refractivity contribution in [1.29, 1.82) is 0 Å². The molecule has 0 bridgehead atoms. The summed E-state index contributed by atoms with van der Waals surface area (Å²) in [6.45, 7) is 4.25. The molecular formula is C46H90NO8P. The third-order valence-electron chi connectivity index (χ3n) is 10.4. The lowest BCUT2D eigenvalue weighted by molar-refractivity contribution is -0.161. The molecule has 0 aliphatic heterocycles. The highest BCUT2D eigenvalue weighted by atomic mass is 31.2. The number of rotatable bonds is 45. The number of carbonyl (C=O) groups excluding carboxylic acids is 2. The van der Waals surface area contributed by atoms with E-state index in [0.29, 0.717) is 13.0 Å². The first kappa shape index (κ1) is 54.8. The van der Waals surface area contributed by atoms with Gasteiger partial charge in [0.05, 0.1) is 13.2 Å². The Morgan fingerprint density at radius 2 is 0.911 bits per heavy atom. The summed E-state index contributed by atoms with van der Waals surface area (Å²) < 4.78 is 33.3. The van der Waals surface area contributed by atoms with E-state index in [0.717, 1.165) is 32.1 Å². The molecule has 0 amide bonds. The molecule has 0 aliphatic rings. The smallest absolute Gasteiger partial charge is 0.462 e. The van der Waals surface area contributed by atoms with Crippen molar-refractivity contribution in [3.8, 4) is 0 Å². The molecule has 0 fully saturated rings. The Labute approximate surface area is 345 Å². The summed E-state index contributed by atoms with van der Waals surface area (Å²) in [4.78, 5) is 35.1. The Balaban J connectivity index is 4.13. The number of allylic oxidation sites excluding steroid dienone is 2. The highest BCUT2D eigenvalue weighted by Crippen LogP contribution is 2.43. The van der Waals surface area contributed by atoms with Crippen molar-refractivity contribution >= 4 is 19.8 Å². The first-order valence-corrected chi connectivity index (χ1v) is 25.1. The van der Waals surface area contributed by atoms with Crippen LogP contribution in [0.1, 0.15) is 232 Å². The summed E-state index contributed by atoms with van der Waals surface area (Å²) in [5.41, 5.74) is 0. The second kappa shape index (κ2) is 43.3. The van der Waals surface area contributed by atoms with Crippen molar-refractivity contribution in [2.75, 3.05) is 33.4 Å². The maximum Gasteiger partial charge on any atom is 0.472 e. The van der Waals surface area contributed by atoms with E-state index in [2.05, 4.69) is 31.3 Å². The monoisotopic (exact) mass is 816 g/mol. The Morgan fingerprint density at radius 1 is 0.536 bits per heavy atom. The molecule has 0 saturated heterocycles. The molecule has 2 unspecified atom stereocenters. The van der Waals surface area contributed by atoms with Crippen LogP contribution in [0.4, 0.5) is 0 Å². The molecular weight excluding hydrogens is 725 g/mol. The van der Waals surface area contributed by atoms with Gasteiger partial charge in [-0.05, 0) is 45.6 Å². The standard InChI is InChI=1S/C46H90NO8P/c1-4-6-8-10-12-14-16-18-20-21-22-23-25-27-29-31-33-35-37-39-46(49)55-44(43-54-56(50,51)53-41-40-47-3)42-52-45(48)38-36-34-32-30-28-26-24-19-17-15-13-11-9-7-5-2/h15,17,44,47H,4-14,16,18-43H2,1-3H3,(H,50,51)/b17-15-. The van der Waals surface area contributed by atoms with Crippen molar-refractivity contribution in [3.63, 3.8) is 0 Å². The summed E-state index contributed by atoms with van der Waals surface area (Å²) in [5, 5.41) is 2.83. The number of carbonyl (C=O) groups is 2. The van der Waals surface area contributed by atoms with Crippen LogP contribution in [0.25, 0.3) is 0 Å². The fourth-order valence-corrected chi connectivity index (χ4v) is 7.54. The average Bonchev–Trinajstić information content (AvgIpc) is 3.18. The van der Waals surface area contributed by atoms with Crippen molar-refractivity contribution < 1.29 is 37.6 Å². The van der Waals surface area contributed by atoms with Gasteiger partial charge in [0, 0.05) is 19.4 Å². The predicted octanol–water partition coefficient (Wildman–Crippen LogP) is 13.7. The summed E-state index contributed by atoms with van der Waals surface area (Å²) in [5.74, 6) is -0.798. The van der Waals surface area contributed by atoms with Crippen molar-refractivity contribution in [3.05, 3.63) is 12.2 Å². The van der Waals surface area contributed by atoms with E-state index in [-0.39, 0.29) is 32.0 Å². The van der Waals surface area contributed by atoms with Gasteiger partial charge in [0.1, 0.15) is 6.61 Å². The molecule has 0 rings (SSSR count). The topological polar surface area (TPSA) is 120 Å². The van der Waals surface area contributed by atoms with E-state index < -0.39 is 26.5 Å². The summed E-state index contributed by atoms with van der Waals surface area (Å²) >= 11 is 0. The van der Waals surface area contributed by atoms with E-state index >= 15 is 0 Å². The number of phosphoric acid groups is 1. The Kier molecular flexibility index (Phi) is 42.4. The second-order valence-corrected chi connectivity index (χ2v) is 17.4. The minimum atomic E-state index is -4.35. The van der Waals surface area contributed by atoms with E-state index in [1.807, 2.05) is 0 Å². The number of unbranched alkanes of at least 4 members (excludes halogenated alkanes) is 29. The Hall–Kier alpha value is -1.25. The fourth-order valence-electron chi connectivity index (χ4n) is 6.78. The van der Waals surface area contributed by atoms with Crippen LogP contribution in [-0.2, 0) is 32.7 Å². The first-order chi connectivity index (χ1) is 27.3. The zero-order chi connectivity index (χ0) is 41.1. The molecule has 0 radical (unpaired) electrons. The van der Waals surface area contributed by atoms with Gasteiger partial charge in [0.25, 0.3) is 0 Å². The fraction of sp³-hybridized carbons (Fsp3) is 0.913. The Bertz CT molecular complexity index is 933. The lowest BCUT2D eigenvalue weighted by atomic mass is 10.0. The largest absolute Gasteiger partial charge is 0.472 e. The summed E-state index contributed by atoms with van der Waals surface area (Å²) in [6.07, 6.45) is 44.0. The van der Waals surface area contributed by atoms with Gasteiger partial charge in [0.15, 0.2) is 6.10 Å². The van der Waals surface area contributed by atoms with E-state index in [1.165, 1.54) is 167 Å². The molecule has 56 heavy (non-hydrogen) atoms. The minimum absolute atomic E-state index is 0.0142. The number of ether oxygens (including phenoxy) is 2. The van der Waals surface area contributed by atoms with Gasteiger partial charge in [-0.2, -0.15) is 0 Å². The molecule has 0 aromatic carbocycles. The summed E-state index contributed by atoms with van der Waals surface area (Å²) in [7, 11) is -2.64. The van der Waals surface area contributed by atoms with Crippen LogP contribution in [0, 0.1) is 0 Å². The summed E-state index contributed by atoms with van der Waals surface area (Å²) in [6, 6.07) is 0. The van der Waals surface area contributed by atoms with E-state index in [9.17, 15) is 19.0 Å². The number of phosphoric ester groups is 1. The van der Waals surface area contributed by atoms with E-state index in [1.54, 1.807) is 7.05 Å². The molecule has 0 heterocycles. The quantitative estimate of drug-likeness (QED) is 0.0268. The van der Waals surface area contributed by atoms with Gasteiger partial charge in [-0.15, -0.1) is 0 Å². The van der Waals surface area contributed by atoms with Crippen LogP contribution in [0.5, 0.6) is 0 Å². The lowest BCUT2D eigenvalue weighted by Gasteiger charge is -2.20. The van der Waals surface area contributed by atoms with Gasteiger partial charge in [-0.3, -0.25) is 18.6 Å². The first-order valence-electron chi connectivity index (χ1n) is 23.6. The highest BCUT2D eigenvalue weighted by molar-refractivity contribution is 7.47. The SMILES string of the molecule is CCCCCC/C=C\CCCCCCCCCC(=O)OCC(COP(=O)(O)OCCNC)OC(=O)CCCCCCCCCCCCCCCCCCCCC. The number of likely N-dealkylation sites (N-methyl/N-ethyl adjacent to an activating group) is 1. The van der Waals surface area contributed by atoms with Gasteiger partial charge in [-0.25, -0.2) is 4.57 Å². The van der Waals surface area contributed by atoms with Crippen LogP contribution in [-0.4, -0.2) is 56.3 Å². The number of nitrogens with one attached hydrogen (secondary N) is 1. The molecule has 0 aliphatic carbocycles. The highest BCUT2D eigenvalue weighted by Gasteiger charge is 2.26. The van der Waals surface area contributed by atoms with Gasteiger partial charge >= 0.3 is 19.8 Å². The van der Waals surface area contributed by atoms with Crippen LogP contribution < -0.4 is 5.32 Å². The van der Waals surface area contributed by atoms with Crippen molar-refractivity contribution in [2.24, 2.45) is 0 Å². The molecule has 9 nitrogen and oxygen atoms in total. The van der Waals surface area contributed by atoms with Crippen LogP contribution in [0.3, 0.4) is 0 Å². The van der Waals surface area contributed by atoms with Crippen molar-refractivity contribution in [2.45, 2.75) is 238 Å². The molecule has 0 saturated carbocycles. The van der Waals surface area contributed by atoms with Crippen LogP contribution in [0.15, 0.2) is 12.2 Å². The number of esters is 2. The third kappa shape index (κ3) is 42.4. The molecule has 2 N–H and O–H groups in total. The van der Waals surface area contributed by atoms with Gasteiger partial charge in [0.2, 0.25) is 0 Å². The molecule has 0 spiro atoms. The number of hydrogen-bond donors (Lipinski definition) is 2. The maximum absolute atomic E-state index is 12.7.